The van der Waals surface area contributed by atoms with Crippen molar-refractivity contribution in [2.75, 3.05) is 41.3 Å². The summed E-state index contributed by atoms with van der Waals surface area (Å²) >= 11 is 0. The van der Waals surface area contributed by atoms with E-state index in [9.17, 15) is 22.0 Å². The van der Waals surface area contributed by atoms with Crippen molar-refractivity contribution in [3.63, 3.8) is 0 Å². The number of halogens is 6. The van der Waals surface area contributed by atoms with Gasteiger partial charge in [0.05, 0.1) is 12.1 Å². The van der Waals surface area contributed by atoms with Gasteiger partial charge in [-0.15, -0.1) is 12.4 Å². The molecule has 5 nitrogen and oxygen atoms in total. The number of nitrogens with zero attached hydrogens (tertiary/aromatic N) is 4. The molecule has 0 saturated heterocycles. The summed E-state index contributed by atoms with van der Waals surface area (Å²) in [6.07, 6.45) is 1.69. The van der Waals surface area contributed by atoms with Gasteiger partial charge in [-0.3, -0.25) is 0 Å². The molecule has 11 heteroatoms. The quantitative estimate of drug-likeness (QED) is 0.178. The van der Waals surface area contributed by atoms with Crippen LogP contribution in [0.1, 0.15) is 39.5 Å². The zero-order valence-corrected chi connectivity index (χ0v) is 20.1. The van der Waals surface area contributed by atoms with E-state index in [2.05, 4.69) is 16.0 Å². The molecule has 1 aromatic carbocycles. The van der Waals surface area contributed by atoms with Crippen molar-refractivity contribution in [2.45, 2.75) is 51.3 Å². The third-order valence-corrected chi connectivity index (χ3v) is 4.84. The fraction of sp³-hybridized carbons (Fsp3) is 0.667. The van der Waals surface area contributed by atoms with E-state index in [-0.39, 0.29) is 31.3 Å². The first-order valence-electron chi connectivity index (χ1n) is 10.1. The Bertz CT molecular complexity index is 774. The topological polar surface area (TPSA) is 40.4 Å². The standard InChI is InChI=1S/C21H31F5N4O.ClH/c1-7-14(9-11-29(3)4)27-13-28-21(8-2,10-12-30(5)6)31-20-18(25)16(23)15(22)17(24)19(20)26;/h14H,7-12H2,1-6H3;1H. The molecule has 2 atom stereocenters. The maximum atomic E-state index is 14.2. The first-order chi connectivity index (χ1) is 14.5. The first-order valence-corrected chi connectivity index (χ1v) is 10.1. The molecule has 0 N–H and O–H groups in total. The van der Waals surface area contributed by atoms with E-state index in [1.165, 1.54) is 0 Å². The zero-order valence-electron chi connectivity index (χ0n) is 19.3. The van der Waals surface area contributed by atoms with Gasteiger partial charge in [-0.1, -0.05) is 13.8 Å². The summed E-state index contributed by atoms with van der Waals surface area (Å²) in [4.78, 5) is 12.2. The maximum absolute atomic E-state index is 14.2. The predicted octanol–water partition coefficient (Wildman–Crippen LogP) is 5.14. The number of aliphatic imine (C=N–C) groups is 2. The predicted molar refractivity (Wildman–Crippen MR) is 117 cm³/mol. The Morgan fingerprint density at radius 2 is 1.38 bits per heavy atom. The van der Waals surface area contributed by atoms with E-state index in [4.69, 9.17) is 4.74 Å². The highest BCUT2D eigenvalue weighted by molar-refractivity contribution is 5.85. The van der Waals surface area contributed by atoms with Crippen LogP contribution in [0.15, 0.2) is 9.98 Å². The molecule has 0 aliphatic heterocycles. The van der Waals surface area contributed by atoms with Gasteiger partial charge in [0.1, 0.15) is 0 Å². The van der Waals surface area contributed by atoms with Crippen molar-refractivity contribution in [3.05, 3.63) is 29.1 Å². The fourth-order valence-electron chi connectivity index (χ4n) is 2.69. The van der Waals surface area contributed by atoms with Gasteiger partial charge in [-0.2, -0.15) is 13.8 Å². The molecule has 0 aliphatic carbocycles. The smallest absolute Gasteiger partial charge is 0.211 e. The molecule has 0 bridgehead atoms. The second-order valence-electron chi connectivity index (χ2n) is 7.85. The van der Waals surface area contributed by atoms with Gasteiger partial charge in [-0.25, -0.2) is 18.2 Å². The van der Waals surface area contributed by atoms with E-state index in [1.54, 1.807) is 25.9 Å². The molecule has 0 spiro atoms. The van der Waals surface area contributed by atoms with Gasteiger partial charge in [0.25, 0.3) is 0 Å². The van der Waals surface area contributed by atoms with Crippen LogP contribution in [0.4, 0.5) is 22.0 Å². The molecule has 0 heterocycles. The molecule has 2 unspecified atom stereocenters. The van der Waals surface area contributed by atoms with E-state index in [1.807, 2.05) is 25.9 Å². The molecule has 0 fully saturated rings. The number of ether oxygens (including phenoxy) is 1. The van der Waals surface area contributed by atoms with Crippen molar-refractivity contribution in [1.82, 2.24) is 9.80 Å². The molecule has 1 rings (SSSR count). The Hall–Kier alpha value is -1.74. The van der Waals surface area contributed by atoms with Crippen molar-refractivity contribution >= 4 is 18.4 Å². The van der Waals surface area contributed by atoms with Crippen molar-refractivity contribution in [3.8, 4) is 5.75 Å². The summed E-state index contributed by atoms with van der Waals surface area (Å²) in [5, 5.41) is 0. The van der Waals surface area contributed by atoms with Gasteiger partial charge in [-0.05, 0) is 47.6 Å². The largest absolute Gasteiger partial charge is 0.459 e. The van der Waals surface area contributed by atoms with E-state index in [0.29, 0.717) is 6.54 Å². The molecule has 0 aromatic heterocycles. The molecule has 184 valence electrons. The third kappa shape index (κ3) is 8.31. The minimum atomic E-state index is -2.24. The van der Waals surface area contributed by atoms with Gasteiger partial charge in [0.15, 0.2) is 5.75 Å². The molecule has 32 heavy (non-hydrogen) atoms. The highest BCUT2D eigenvalue weighted by Crippen LogP contribution is 2.34. The van der Waals surface area contributed by atoms with Gasteiger partial charge in [0, 0.05) is 19.4 Å². The Balaban J connectivity index is 0.00000961. The molecule has 0 radical (unpaired) electrons. The molecule has 0 amide bonds. The zero-order chi connectivity index (χ0) is 23.8. The maximum Gasteiger partial charge on any atom is 0.211 e. The van der Waals surface area contributed by atoms with Crippen molar-refractivity contribution < 1.29 is 26.7 Å². The number of hydrogen-bond donors (Lipinski definition) is 0. The minimum Gasteiger partial charge on any atom is -0.459 e. The number of rotatable bonds is 12. The highest BCUT2D eigenvalue weighted by atomic mass is 35.5. The minimum absolute atomic E-state index is 0. The van der Waals surface area contributed by atoms with Gasteiger partial charge >= 0.3 is 0 Å². The highest BCUT2D eigenvalue weighted by Gasteiger charge is 2.35. The van der Waals surface area contributed by atoms with Crippen LogP contribution in [0.5, 0.6) is 5.75 Å². The normalized spacial score (nSPS) is 13.9. The lowest BCUT2D eigenvalue weighted by molar-refractivity contribution is 0.0467. The summed E-state index contributed by atoms with van der Waals surface area (Å²) in [6, 6.07) is 2.48. The van der Waals surface area contributed by atoms with Crippen LogP contribution in [0.3, 0.4) is 0 Å². The SMILES string of the molecule is CCC(CCN(C)C)N=C=NC(CC)(CCN(C)C)Oc1c(F)c(F)c(F)c(F)c1F.Cl. The van der Waals surface area contributed by atoms with E-state index >= 15 is 0 Å². The summed E-state index contributed by atoms with van der Waals surface area (Å²) in [7, 11) is 7.41. The average molecular weight is 487 g/mol. The lowest BCUT2D eigenvalue weighted by atomic mass is 10.1. The van der Waals surface area contributed by atoms with Crippen LogP contribution in [0, 0.1) is 29.1 Å². The summed E-state index contributed by atoms with van der Waals surface area (Å²) in [5.74, 6) is -11.8. The summed E-state index contributed by atoms with van der Waals surface area (Å²) in [5.41, 5.74) is -1.61. The van der Waals surface area contributed by atoms with Gasteiger partial charge in [0.2, 0.25) is 34.8 Å². The molecular formula is C21H32ClF5N4O. The molecular weight excluding hydrogens is 455 g/mol. The molecule has 0 aliphatic rings. The number of hydrogen-bond acceptors (Lipinski definition) is 5. The first kappa shape index (κ1) is 30.3. The van der Waals surface area contributed by atoms with E-state index in [0.717, 1.165) is 19.4 Å². The lowest BCUT2D eigenvalue weighted by Gasteiger charge is -2.30. The van der Waals surface area contributed by atoms with Crippen LogP contribution in [-0.4, -0.2) is 68.9 Å². The lowest BCUT2D eigenvalue weighted by Crippen LogP contribution is -2.37. The van der Waals surface area contributed by atoms with Crippen LogP contribution >= 0.6 is 12.4 Å². The van der Waals surface area contributed by atoms with Crippen LogP contribution in [0.25, 0.3) is 0 Å². The van der Waals surface area contributed by atoms with Crippen molar-refractivity contribution in [1.29, 1.82) is 0 Å². The van der Waals surface area contributed by atoms with Crippen LogP contribution in [0.2, 0.25) is 0 Å². The summed E-state index contributed by atoms with van der Waals surface area (Å²) in [6.45, 7) is 4.77. The Morgan fingerprint density at radius 3 is 1.81 bits per heavy atom. The Labute approximate surface area is 192 Å². The summed E-state index contributed by atoms with van der Waals surface area (Å²) < 4.78 is 74.4. The Kier molecular flexibility index (Phi) is 13.0. The Morgan fingerprint density at radius 1 is 0.875 bits per heavy atom. The average Bonchev–Trinajstić information content (AvgIpc) is 2.73. The monoisotopic (exact) mass is 486 g/mol. The second-order valence-corrected chi connectivity index (χ2v) is 7.85. The molecule has 0 saturated carbocycles. The van der Waals surface area contributed by atoms with Crippen molar-refractivity contribution in [2.24, 2.45) is 9.98 Å². The molecule has 1 aromatic rings. The van der Waals surface area contributed by atoms with Gasteiger partial charge < -0.3 is 14.5 Å². The number of benzene rings is 1. The van der Waals surface area contributed by atoms with Crippen LogP contribution < -0.4 is 4.74 Å². The third-order valence-electron chi connectivity index (χ3n) is 4.84. The fourth-order valence-corrected chi connectivity index (χ4v) is 2.69. The van der Waals surface area contributed by atoms with Crippen LogP contribution in [-0.2, 0) is 0 Å². The van der Waals surface area contributed by atoms with E-state index < -0.39 is 40.6 Å². The second kappa shape index (κ2) is 13.7.